The molecule has 2 aliphatic rings. The van der Waals surface area contributed by atoms with E-state index in [4.69, 9.17) is 19.9 Å². The molecule has 0 bridgehead atoms. The summed E-state index contributed by atoms with van der Waals surface area (Å²) in [6.07, 6.45) is 11.3. The Morgan fingerprint density at radius 3 is 2.78 bits per heavy atom. The molecule has 1 aromatic heterocycles. The molecule has 1 atom stereocenters. The van der Waals surface area contributed by atoms with Crippen molar-refractivity contribution in [1.29, 1.82) is 0 Å². The highest BCUT2D eigenvalue weighted by molar-refractivity contribution is 6.11. The quantitative estimate of drug-likeness (QED) is 0.453. The van der Waals surface area contributed by atoms with Crippen LogP contribution in [0.4, 0.5) is 5.82 Å². The number of hydrogen-bond donors (Lipinski definition) is 1. The smallest absolute Gasteiger partial charge is 0.230 e. The van der Waals surface area contributed by atoms with Crippen molar-refractivity contribution in [1.82, 2.24) is 9.97 Å². The largest absolute Gasteiger partial charge is 0.493 e. The first kappa shape index (κ1) is 24.1. The molecule has 0 amide bonds. The summed E-state index contributed by atoms with van der Waals surface area (Å²) in [7, 11) is 1.63. The topological polar surface area (TPSA) is 95.1 Å². The molecule has 2 aromatic carbocycles. The number of anilines is 1. The van der Waals surface area contributed by atoms with Crippen molar-refractivity contribution in [2.45, 2.75) is 19.1 Å². The van der Waals surface area contributed by atoms with Crippen LogP contribution in [-0.2, 0) is 11.3 Å². The Morgan fingerprint density at radius 1 is 1.16 bits per heavy atom. The van der Waals surface area contributed by atoms with Crippen molar-refractivity contribution < 1.29 is 14.2 Å². The molecule has 0 spiro atoms. The molecule has 188 valence electrons. The Hall–Kier alpha value is -4.59. The molecule has 0 saturated carbocycles. The van der Waals surface area contributed by atoms with Gasteiger partial charge in [0.25, 0.3) is 0 Å². The third kappa shape index (κ3) is 5.48. The molecule has 2 heterocycles. The summed E-state index contributed by atoms with van der Waals surface area (Å²) in [6.45, 7) is 5.85. The van der Waals surface area contributed by atoms with Crippen LogP contribution in [0.15, 0.2) is 102 Å². The third-order valence-corrected chi connectivity index (χ3v) is 6.23. The number of aliphatic imine (C=N–C) groups is 1. The summed E-state index contributed by atoms with van der Waals surface area (Å²) in [5.74, 6) is 2.46. The Morgan fingerprint density at radius 2 is 2.00 bits per heavy atom. The lowest BCUT2D eigenvalue weighted by atomic mass is 10.1. The average molecular weight is 496 g/mol. The summed E-state index contributed by atoms with van der Waals surface area (Å²) in [6, 6.07) is 13.9. The van der Waals surface area contributed by atoms with Crippen molar-refractivity contribution in [2.75, 3.05) is 25.1 Å². The van der Waals surface area contributed by atoms with Gasteiger partial charge in [-0.2, -0.15) is 0 Å². The Balaban J connectivity index is 1.34. The molecule has 1 unspecified atom stereocenters. The second-order valence-electron chi connectivity index (χ2n) is 8.71. The molecule has 3 aromatic rings. The number of benzene rings is 2. The zero-order valence-corrected chi connectivity index (χ0v) is 20.7. The summed E-state index contributed by atoms with van der Waals surface area (Å²) in [5, 5.41) is 0.886. The fourth-order valence-corrected chi connectivity index (χ4v) is 4.34. The van der Waals surface area contributed by atoms with Gasteiger partial charge in [0.1, 0.15) is 24.9 Å². The van der Waals surface area contributed by atoms with Crippen LogP contribution in [0.1, 0.15) is 12.0 Å². The van der Waals surface area contributed by atoms with Gasteiger partial charge < -0.3 is 24.8 Å². The maximum atomic E-state index is 6.14. The molecular formula is C29H29N5O3. The van der Waals surface area contributed by atoms with E-state index in [1.165, 1.54) is 6.20 Å². The molecular weight excluding hydrogens is 466 g/mol. The maximum Gasteiger partial charge on any atom is 0.230 e. The van der Waals surface area contributed by atoms with Gasteiger partial charge in [-0.3, -0.25) is 0 Å². The van der Waals surface area contributed by atoms with Crippen LogP contribution in [0, 0.1) is 0 Å². The molecule has 37 heavy (non-hydrogen) atoms. The predicted molar refractivity (Wildman–Crippen MR) is 146 cm³/mol. The zero-order valence-electron chi connectivity index (χ0n) is 20.7. The van der Waals surface area contributed by atoms with E-state index < -0.39 is 0 Å². The molecule has 1 saturated heterocycles. The van der Waals surface area contributed by atoms with Crippen LogP contribution >= 0.6 is 0 Å². The number of ether oxygens (including phenoxy) is 3. The number of hydrogen-bond acceptors (Lipinski definition) is 8. The molecule has 8 heteroatoms. The number of fused-ring (bicyclic) bond motifs is 1. The Kier molecular flexibility index (Phi) is 7.16. The van der Waals surface area contributed by atoms with Crippen LogP contribution in [-0.4, -0.2) is 42.0 Å². The Labute approximate surface area is 216 Å². The van der Waals surface area contributed by atoms with E-state index in [1.807, 2.05) is 66.8 Å². The number of rotatable bonds is 8. The molecule has 1 aliphatic carbocycles. The predicted octanol–water partition coefficient (Wildman–Crippen LogP) is 4.69. The summed E-state index contributed by atoms with van der Waals surface area (Å²) < 4.78 is 17.9. The molecule has 5 rings (SSSR count). The lowest BCUT2D eigenvalue weighted by Gasteiger charge is -2.20. The summed E-state index contributed by atoms with van der Waals surface area (Å²) >= 11 is 0. The first-order chi connectivity index (χ1) is 18.1. The minimum atomic E-state index is -0.0902. The van der Waals surface area contributed by atoms with Gasteiger partial charge in [0.15, 0.2) is 11.5 Å². The van der Waals surface area contributed by atoms with Gasteiger partial charge >= 0.3 is 0 Å². The van der Waals surface area contributed by atoms with Crippen molar-refractivity contribution >= 4 is 22.4 Å². The fourth-order valence-electron chi connectivity index (χ4n) is 4.34. The zero-order chi connectivity index (χ0) is 25.6. The van der Waals surface area contributed by atoms with Gasteiger partial charge in [-0.05, 0) is 23.3 Å². The molecule has 0 radical (unpaired) electrons. The standard InChI is InChI=1S/C29H29N5O3/c1-20-8-6-7-11-24(20)33-28(16-30)37-22-12-13-34(17-22)29-23-14-27(36-18-21-9-4-3-5-10-21)26(35-2)15-25(23)31-19-32-29/h3-11,14-16,19,22H,1,12-13,17-18,30H2,2H3/b28-16+,33-24-. The van der Waals surface area contributed by atoms with E-state index in [0.29, 0.717) is 30.5 Å². The molecule has 8 nitrogen and oxygen atoms in total. The maximum absolute atomic E-state index is 6.14. The van der Waals surface area contributed by atoms with Gasteiger partial charge in [-0.15, -0.1) is 0 Å². The SMILES string of the molecule is C=C1C=CC=C/C1=N/C(=C\N)OC1CCN(c2ncnc3cc(OC)c(OCc4ccccc4)cc23)C1. The summed E-state index contributed by atoms with van der Waals surface area (Å²) in [5.41, 5.74) is 9.22. The highest BCUT2D eigenvalue weighted by Crippen LogP contribution is 2.36. The van der Waals surface area contributed by atoms with E-state index in [9.17, 15) is 0 Å². The van der Waals surface area contributed by atoms with E-state index in [-0.39, 0.29) is 6.10 Å². The number of nitrogens with zero attached hydrogens (tertiary/aromatic N) is 4. The first-order valence-corrected chi connectivity index (χ1v) is 12.1. The minimum absolute atomic E-state index is 0.0902. The monoisotopic (exact) mass is 495 g/mol. The van der Waals surface area contributed by atoms with Gasteiger partial charge in [0, 0.05) is 24.4 Å². The normalized spacial score (nSPS) is 18.6. The lowest BCUT2D eigenvalue weighted by molar-refractivity contribution is 0.132. The second-order valence-corrected chi connectivity index (χ2v) is 8.71. The van der Waals surface area contributed by atoms with Crippen molar-refractivity contribution in [3.63, 3.8) is 0 Å². The third-order valence-electron chi connectivity index (χ3n) is 6.23. The summed E-state index contributed by atoms with van der Waals surface area (Å²) in [4.78, 5) is 15.8. The first-order valence-electron chi connectivity index (χ1n) is 12.1. The van der Waals surface area contributed by atoms with Gasteiger partial charge in [-0.1, -0.05) is 55.1 Å². The van der Waals surface area contributed by atoms with Crippen LogP contribution in [0.3, 0.4) is 0 Å². The van der Waals surface area contributed by atoms with Crippen LogP contribution in [0.2, 0.25) is 0 Å². The number of aromatic nitrogens is 2. The number of methoxy groups -OCH3 is 1. The van der Waals surface area contributed by atoms with Crippen molar-refractivity contribution in [2.24, 2.45) is 10.7 Å². The van der Waals surface area contributed by atoms with Gasteiger partial charge in [0.05, 0.1) is 31.1 Å². The van der Waals surface area contributed by atoms with Crippen molar-refractivity contribution in [3.05, 3.63) is 103 Å². The lowest BCUT2D eigenvalue weighted by Crippen LogP contribution is -2.24. The Bertz CT molecular complexity index is 1410. The highest BCUT2D eigenvalue weighted by Gasteiger charge is 2.27. The molecule has 1 aliphatic heterocycles. The van der Waals surface area contributed by atoms with E-state index in [2.05, 4.69) is 26.4 Å². The van der Waals surface area contributed by atoms with E-state index in [0.717, 1.165) is 46.5 Å². The van der Waals surface area contributed by atoms with Gasteiger partial charge in [0.2, 0.25) is 5.88 Å². The van der Waals surface area contributed by atoms with Gasteiger partial charge in [-0.25, -0.2) is 15.0 Å². The molecule has 2 N–H and O–H groups in total. The average Bonchev–Trinajstić information content (AvgIpc) is 3.40. The van der Waals surface area contributed by atoms with Crippen LogP contribution in [0.5, 0.6) is 11.5 Å². The van der Waals surface area contributed by atoms with E-state index >= 15 is 0 Å². The van der Waals surface area contributed by atoms with Crippen molar-refractivity contribution in [3.8, 4) is 11.5 Å². The fraction of sp³-hybridized carbons (Fsp3) is 0.207. The molecule has 1 fully saturated rings. The highest BCUT2D eigenvalue weighted by atomic mass is 16.5. The van der Waals surface area contributed by atoms with Crippen LogP contribution < -0.4 is 20.1 Å². The number of nitrogens with two attached hydrogens (primary N) is 1. The van der Waals surface area contributed by atoms with E-state index in [1.54, 1.807) is 13.4 Å². The van der Waals surface area contributed by atoms with Crippen LogP contribution in [0.25, 0.3) is 10.9 Å². The number of allylic oxidation sites excluding steroid dienone is 5. The second kappa shape index (κ2) is 11.0. The minimum Gasteiger partial charge on any atom is -0.493 e.